The van der Waals surface area contributed by atoms with Gasteiger partial charge in [0, 0.05) is 37.6 Å². The molecule has 16 nitrogen and oxygen atoms in total. The number of methoxy groups -OCH3 is 1. The van der Waals surface area contributed by atoms with Crippen molar-refractivity contribution >= 4 is 35.6 Å². The van der Waals surface area contributed by atoms with E-state index in [9.17, 15) is 44.7 Å². The van der Waals surface area contributed by atoms with E-state index >= 15 is 0 Å². The first-order chi connectivity index (χ1) is 22.2. The summed E-state index contributed by atoms with van der Waals surface area (Å²) < 4.78 is 21.4. The summed E-state index contributed by atoms with van der Waals surface area (Å²) >= 11 is 1.32. The van der Waals surface area contributed by atoms with Crippen LogP contribution in [0.2, 0.25) is 0 Å². The maximum atomic E-state index is 13.0. The Labute approximate surface area is 280 Å². The number of aliphatic carboxylic acids is 1. The molecule has 0 aliphatic carbocycles. The predicted octanol–water partition coefficient (Wildman–Crippen LogP) is -0.896. The van der Waals surface area contributed by atoms with Crippen molar-refractivity contribution in [3.8, 4) is 0 Å². The Hall–Kier alpha value is -2.25. The molecular formula is C30H55N3O13S. The second-order valence-electron chi connectivity index (χ2n) is 12.1. The fourth-order valence-corrected chi connectivity index (χ4v) is 6.75. The molecule has 274 valence electrons. The van der Waals surface area contributed by atoms with Crippen LogP contribution in [0.3, 0.4) is 0 Å². The normalized spacial score (nSPS) is 23.3. The zero-order valence-electron chi connectivity index (χ0n) is 28.2. The number of carbonyl (C=O) groups excluding carboxylic acids is 3. The van der Waals surface area contributed by atoms with Crippen molar-refractivity contribution in [1.29, 1.82) is 0 Å². The number of thioether (sulfide) groups is 1. The standard InChI is InChI=1S/C30H55N3O13S/c1-7-8-44-9-10-45-29(42)32-19(16-47-12-11-43-6)27(39)31-14-22(37)33-24-20(35)13-30(28(40)41,23(17(2)3)18(4)5)46-26(24)25(38)21(36)15-34/h17-21,23-26,34-36,38H,7-16H2,1-6H3,(H,31,39)(H,32,42)(H,33,37)(H,40,41). The lowest BCUT2D eigenvalue weighted by Gasteiger charge is -2.51. The number of rotatable bonds is 22. The van der Waals surface area contributed by atoms with Crippen molar-refractivity contribution in [2.75, 3.05) is 58.2 Å². The Balaban J connectivity index is 3.08. The van der Waals surface area contributed by atoms with E-state index in [1.807, 2.05) is 6.92 Å². The van der Waals surface area contributed by atoms with Gasteiger partial charge in [0.1, 0.15) is 31.0 Å². The van der Waals surface area contributed by atoms with Gasteiger partial charge in [-0.3, -0.25) is 9.59 Å². The summed E-state index contributed by atoms with van der Waals surface area (Å²) in [4.78, 5) is 51.1. The van der Waals surface area contributed by atoms with E-state index in [0.717, 1.165) is 6.42 Å². The van der Waals surface area contributed by atoms with Crippen LogP contribution < -0.4 is 16.0 Å². The first kappa shape index (κ1) is 42.8. The summed E-state index contributed by atoms with van der Waals surface area (Å²) in [5.74, 6) is -3.39. The highest BCUT2D eigenvalue weighted by Crippen LogP contribution is 2.43. The average Bonchev–Trinajstić information content (AvgIpc) is 3.01. The number of nitrogens with one attached hydrogen (secondary N) is 3. The van der Waals surface area contributed by atoms with Crippen molar-refractivity contribution in [1.82, 2.24) is 16.0 Å². The molecule has 1 fully saturated rings. The minimum Gasteiger partial charge on any atom is -0.479 e. The van der Waals surface area contributed by atoms with Gasteiger partial charge in [0.15, 0.2) is 5.60 Å². The molecule has 3 amide bonds. The van der Waals surface area contributed by atoms with Crippen LogP contribution in [0.5, 0.6) is 0 Å². The lowest BCUT2D eigenvalue weighted by molar-refractivity contribution is -0.250. The third-order valence-electron chi connectivity index (χ3n) is 7.77. The number of carboxylic acid groups (broad SMARTS) is 1. The van der Waals surface area contributed by atoms with Crippen LogP contribution in [0.4, 0.5) is 4.79 Å². The SMILES string of the molecule is CCCOCCOC(=O)NC(CSCCOC)C(=O)NCC(=O)NC1C(O)CC(C(=O)O)(C(C(C)C)C(C)C)OC1C(O)C(O)CO. The van der Waals surface area contributed by atoms with Crippen molar-refractivity contribution in [2.24, 2.45) is 17.8 Å². The number of carbonyl (C=O) groups is 4. The molecule has 0 bridgehead atoms. The van der Waals surface area contributed by atoms with E-state index in [-0.39, 0.29) is 30.8 Å². The van der Waals surface area contributed by atoms with Crippen LogP contribution in [0.25, 0.3) is 0 Å². The molecule has 0 radical (unpaired) electrons. The fourth-order valence-electron chi connectivity index (χ4n) is 5.83. The van der Waals surface area contributed by atoms with Gasteiger partial charge in [-0.2, -0.15) is 11.8 Å². The molecule has 7 unspecified atom stereocenters. The van der Waals surface area contributed by atoms with Crippen LogP contribution >= 0.6 is 11.8 Å². The summed E-state index contributed by atoms with van der Waals surface area (Å²) in [6.07, 6.45) is -7.40. The van der Waals surface area contributed by atoms with Gasteiger partial charge in [-0.15, -0.1) is 0 Å². The van der Waals surface area contributed by atoms with Gasteiger partial charge >= 0.3 is 12.1 Å². The molecule has 0 saturated carbocycles. The Morgan fingerprint density at radius 3 is 2.26 bits per heavy atom. The molecule has 1 heterocycles. The largest absolute Gasteiger partial charge is 0.479 e. The van der Waals surface area contributed by atoms with Gasteiger partial charge in [0.2, 0.25) is 11.8 Å². The predicted molar refractivity (Wildman–Crippen MR) is 172 cm³/mol. The molecule has 1 aliphatic heterocycles. The number of hydrogen-bond acceptors (Lipinski definition) is 13. The van der Waals surface area contributed by atoms with E-state index < -0.39 is 91.5 Å². The molecule has 47 heavy (non-hydrogen) atoms. The number of hydrogen-bond donors (Lipinski definition) is 8. The quantitative estimate of drug-likeness (QED) is 0.0640. The number of aliphatic hydroxyl groups excluding tert-OH is 4. The van der Waals surface area contributed by atoms with E-state index in [2.05, 4.69) is 16.0 Å². The minimum absolute atomic E-state index is 0.0264. The molecule has 17 heteroatoms. The van der Waals surface area contributed by atoms with Crippen LogP contribution in [0.15, 0.2) is 0 Å². The van der Waals surface area contributed by atoms with Gasteiger partial charge in [0.05, 0.1) is 38.5 Å². The lowest BCUT2D eigenvalue weighted by atomic mass is 9.68. The van der Waals surface area contributed by atoms with Crippen molar-refractivity contribution in [3.63, 3.8) is 0 Å². The first-order valence-electron chi connectivity index (χ1n) is 15.9. The summed E-state index contributed by atoms with van der Waals surface area (Å²) in [6.45, 7) is 8.69. The monoisotopic (exact) mass is 697 g/mol. The van der Waals surface area contributed by atoms with E-state index in [1.54, 1.807) is 27.7 Å². The molecule has 1 saturated heterocycles. The lowest BCUT2D eigenvalue weighted by Crippen LogP contribution is -2.70. The Kier molecular flexibility index (Phi) is 19.7. The molecular weight excluding hydrogens is 642 g/mol. The summed E-state index contributed by atoms with van der Waals surface area (Å²) in [6, 6.07) is -2.52. The zero-order valence-corrected chi connectivity index (χ0v) is 29.0. The van der Waals surface area contributed by atoms with Gasteiger partial charge in [-0.05, 0) is 18.3 Å². The number of alkyl carbamates (subject to hydrolysis) is 1. The maximum absolute atomic E-state index is 13.0. The number of amides is 3. The summed E-state index contributed by atoms with van der Waals surface area (Å²) in [5, 5.41) is 59.6. The second-order valence-corrected chi connectivity index (χ2v) is 13.3. The number of ether oxygens (including phenoxy) is 4. The molecule has 0 spiro atoms. The van der Waals surface area contributed by atoms with Gasteiger partial charge < -0.3 is 60.4 Å². The fraction of sp³-hybridized carbons (Fsp3) is 0.867. The Morgan fingerprint density at radius 1 is 1.04 bits per heavy atom. The Morgan fingerprint density at radius 2 is 1.70 bits per heavy atom. The van der Waals surface area contributed by atoms with Crippen LogP contribution in [-0.2, 0) is 33.3 Å². The highest BCUT2D eigenvalue weighted by Gasteiger charge is 2.59. The van der Waals surface area contributed by atoms with Crippen LogP contribution in [-0.4, -0.2) is 150 Å². The summed E-state index contributed by atoms with van der Waals surface area (Å²) in [5.41, 5.74) is -1.99. The van der Waals surface area contributed by atoms with Crippen LogP contribution in [0.1, 0.15) is 47.5 Å². The van der Waals surface area contributed by atoms with Gasteiger partial charge in [-0.25, -0.2) is 9.59 Å². The highest BCUT2D eigenvalue weighted by atomic mass is 32.2. The third kappa shape index (κ3) is 13.3. The zero-order chi connectivity index (χ0) is 35.7. The maximum Gasteiger partial charge on any atom is 0.407 e. The molecule has 7 atom stereocenters. The van der Waals surface area contributed by atoms with Crippen molar-refractivity contribution < 1.29 is 63.7 Å². The van der Waals surface area contributed by atoms with Gasteiger partial charge in [0.25, 0.3) is 0 Å². The van der Waals surface area contributed by atoms with E-state index in [1.165, 1.54) is 18.9 Å². The third-order valence-corrected chi connectivity index (χ3v) is 8.79. The molecule has 1 aliphatic rings. The molecule has 0 aromatic heterocycles. The van der Waals surface area contributed by atoms with E-state index in [4.69, 9.17) is 18.9 Å². The Bertz CT molecular complexity index is 967. The van der Waals surface area contributed by atoms with Crippen LogP contribution in [0, 0.1) is 17.8 Å². The van der Waals surface area contributed by atoms with E-state index in [0.29, 0.717) is 19.0 Å². The number of aliphatic hydroxyl groups is 4. The molecule has 8 N–H and O–H groups in total. The van der Waals surface area contributed by atoms with Gasteiger partial charge in [-0.1, -0.05) is 34.6 Å². The minimum atomic E-state index is -1.99. The molecule has 0 aromatic carbocycles. The second kappa shape index (κ2) is 21.7. The average molecular weight is 698 g/mol. The highest BCUT2D eigenvalue weighted by molar-refractivity contribution is 7.99. The first-order valence-corrected chi connectivity index (χ1v) is 17.0. The molecule has 1 rings (SSSR count). The smallest absolute Gasteiger partial charge is 0.407 e. The molecule has 0 aromatic rings. The number of carboxylic acids is 1. The van der Waals surface area contributed by atoms with Crippen molar-refractivity contribution in [2.45, 2.75) is 89.6 Å². The topological polar surface area (TPSA) is 242 Å². The summed E-state index contributed by atoms with van der Waals surface area (Å²) in [7, 11) is 1.52. The van der Waals surface area contributed by atoms with Crippen molar-refractivity contribution in [3.05, 3.63) is 0 Å².